The fourth-order valence-electron chi connectivity index (χ4n) is 2.73. The normalized spacial score (nSPS) is 12.9. The Morgan fingerprint density at radius 3 is 1.79 bits per heavy atom. The van der Waals surface area contributed by atoms with Crippen molar-refractivity contribution in [3.8, 4) is 0 Å². The van der Waals surface area contributed by atoms with Crippen molar-refractivity contribution in [3.63, 3.8) is 0 Å². The molecule has 0 heterocycles. The van der Waals surface area contributed by atoms with E-state index >= 15 is 0 Å². The highest BCUT2D eigenvalue weighted by Gasteiger charge is 2.42. The molecule has 1 aromatic rings. The fraction of sp³-hybridized carbons (Fsp3) is 0.412. The minimum atomic E-state index is -1.86. The minimum Gasteiger partial charge on any atom is -0.481 e. The fourth-order valence-corrected chi connectivity index (χ4v) is 2.73. The number of carboxylic acid groups (broad SMARTS) is 4. The van der Waals surface area contributed by atoms with Gasteiger partial charge in [-0.2, -0.15) is 0 Å². The smallest absolute Gasteiger partial charge is 0.329 e. The van der Waals surface area contributed by atoms with Crippen molar-refractivity contribution in [1.29, 1.82) is 0 Å². The number of aliphatic carboxylic acids is 4. The molecule has 0 aliphatic rings. The Hall–Kier alpha value is -3.34. The quantitative estimate of drug-likeness (QED) is 0.296. The van der Waals surface area contributed by atoms with Gasteiger partial charge in [-0.05, 0) is 31.2 Å². The highest BCUT2D eigenvalue weighted by atomic mass is 16.4. The molecule has 11 heteroatoms. The number of rotatable bonds is 12. The van der Waals surface area contributed by atoms with Gasteiger partial charge in [0.1, 0.15) is 5.54 Å². The van der Waals surface area contributed by atoms with Crippen LogP contribution in [0, 0.1) is 0 Å². The number of anilines is 2. The van der Waals surface area contributed by atoms with Crippen LogP contribution in [-0.2, 0) is 19.2 Å². The number of carbonyl (C=O) groups is 4. The molecule has 6 N–H and O–H groups in total. The van der Waals surface area contributed by atoms with Gasteiger partial charge >= 0.3 is 23.9 Å². The van der Waals surface area contributed by atoms with Crippen LogP contribution in [0.25, 0.3) is 0 Å². The molecule has 0 bridgehead atoms. The summed E-state index contributed by atoms with van der Waals surface area (Å²) < 4.78 is 0. The average Bonchev–Trinajstić information content (AvgIpc) is 2.54. The summed E-state index contributed by atoms with van der Waals surface area (Å²) in [6.07, 6.45) is -0.732. The molecule has 0 aliphatic heterocycles. The molecule has 0 unspecified atom stereocenters. The molecular weight excluding hydrogens is 374 g/mol. The maximum atomic E-state index is 11.9. The van der Waals surface area contributed by atoms with Gasteiger partial charge in [0.15, 0.2) is 0 Å². The van der Waals surface area contributed by atoms with Gasteiger partial charge in [-0.15, -0.1) is 0 Å². The third kappa shape index (κ3) is 6.43. The lowest BCUT2D eigenvalue weighted by Gasteiger charge is -2.40. The van der Waals surface area contributed by atoms with E-state index in [9.17, 15) is 29.4 Å². The van der Waals surface area contributed by atoms with E-state index in [4.69, 9.17) is 15.9 Å². The van der Waals surface area contributed by atoms with Crippen LogP contribution < -0.4 is 10.6 Å². The van der Waals surface area contributed by atoms with Crippen LogP contribution in [0.4, 0.5) is 11.4 Å². The van der Waals surface area contributed by atoms with E-state index in [2.05, 4.69) is 0 Å². The van der Waals surface area contributed by atoms with Crippen molar-refractivity contribution in [2.75, 3.05) is 36.8 Å². The molecule has 0 radical (unpaired) electrons. The topological polar surface area (TPSA) is 182 Å². The van der Waals surface area contributed by atoms with Gasteiger partial charge < -0.3 is 31.1 Å². The van der Waals surface area contributed by atoms with Crippen molar-refractivity contribution in [1.82, 2.24) is 4.90 Å². The number of carboxylic acids is 4. The summed E-state index contributed by atoms with van der Waals surface area (Å²) in [5.74, 6) is -5.22. The third-order valence-electron chi connectivity index (χ3n) is 4.11. The standard InChI is InChI=1S/C17H23N3O8/c1-17(16(27)28,8-13(21)22)20(12-4-2-11(18)3-5-12)7-6-19(9-14(23)24)10-15(25)26/h2-5H,6-10,18H2,1H3,(H,21,22)(H,23,24)(H,25,26)(H,27,28)/t17-/m1/s1. The summed E-state index contributed by atoms with van der Waals surface area (Å²) in [5.41, 5.74) is 4.55. The molecule has 1 aromatic carbocycles. The molecule has 28 heavy (non-hydrogen) atoms. The van der Waals surface area contributed by atoms with E-state index < -0.39 is 48.9 Å². The Bertz CT molecular complexity index is 720. The number of nitrogens with zero attached hydrogens (tertiary/aromatic N) is 2. The Morgan fingerprint density at radius 2 is 1.39 bits per heavy atom. The van der Waals surface area contributed by atoms with E-state index in [1.165, 1.54) is 36.1 Å². The van der Waals surface area contributed by atoms with Crippen LogP contribution in [0.1, 0.15) is 13.3 Å². The molecule has 0 aliphatic carbocycles. The van der Waals surface area contributed by atoms with E-state index in [1.54, 1.807) is 0 Å². The van der Waals surface area contributed by atoms with Crippen LogP contribution >= 0.6 is 0 Å². The molecule has 0 amide bonds. The third-order valence-corrected chi connectivity index (χ3v) is 4.11. The zero-order chi connectivity index (χ0) is 21.5. The van der Waals surface area contributed by atoms with Crippen molar-refractivity contribution in [2.45, 2.75) is 18.9 Å². The van der Waals surface area contributed by atoms with Gasteiger partial charge in [0.25, 0.3) is 0 Å². The van der Waals surface area contributed by atoms with Gasteiger partial charge in [-0.3, -0.25) is 19.3 Å². The summed E-state index contributed by atoms with van der Waals surface area (Å²) >= 11 is 0. The molecule has 0 spiro atoms. The number of benzene rings is 1. The molecule has 0 saturated heterocycles. The first-order valence-corrected chi connectivity index (χ1v) is 8.20. The van der Waals surface area contributed by atoms with Crippen molar-refractivity contribution < 1.29 is 39.6 Å². The number of hydrogen-bond donors (Lipinski definition) is 5. The highest BCUT2D eigenvalue weighted by Crippen LogP contribution is 2.28. The first kappa shape index (κ1) is 22.7. The zero-order valence-corrected chi connectivity index (χ0v) is 15.2. The van der Waals surface area contributed by atoms with Crippen molar-refractivity contribution in [2.24, 2.45) is 0 Å². The Kier molecular flexibility index (Phi) is 7.75. The van der Waals surface area contributed by atoms with Gasteiger partial charge in [0.2, 0.25) is 0 Å². The van der Waals surface area contributed by atoms with E-state index in [1.807, 2.05) is 0 Å². The predicted molar refractivity (Wildman–Crippen MR) is 98.2 cm³/mol. The molecule has 1 atom stereocenters. The minimum absolute atomic E-state index is 0.120. The van der Waals surface area contributed by atoms with E-state index in [-0.39, 0.29) is 13.1 Å². The van der Waals surface area contributed by atoms with Crippen LogP contribution in [0.2, 0.25) is 0 Å². The Labute approximate surface area is 160 Å². The van der Waals surface area contributed by atoms with Crippen LogP contribution in [-0.4, -0.2) is 80.9 Å². The monoisotopic (exact) mass is 397 g/mol. The van der Waals surface area contributed by atoms with Crippen LogP contribution in [0.3, 0.4) is 0 Å². The summed E-state index contributed by atoms with van der Waals surface area (Å²) in [7, 11) is 0. The molecule has 154 valence electrons. The number of hydrogen-bond acceptors (Lipinski definition) is 7. The predicted octanol–water partition coefficient (Wildman–Crippen LogP) is -0.136. The summed E-state index contributed by atoms with van der Waals surface area (Å²) in [5, 5.41) is 36.8. The molecule has 0 aromatic heterocycles. The second-order valence-electron chi connectivity index (χ2n) is 6.39. The highest BCUT2D eigenvalue weighted by molar-refractivity contribution is 5.88. The maximum Gasteiger partial charge on any atom is 0.329 e. The second-order valence-corrected chi connectivity index (χ2v) is 6.39. The van der Waals surface area contributed by atoms with Gasteiger partial charge in [0.05, 0.1) is 19.5 Å². The van der Waals surface area contributed by atoms with Gasteiger partial charge in [-0.25, -0.2) is 4.79 Å². The largest absolute Gasteiger partial charge is 0.481 e. The first-order chi connectivity index (χ1) is 13.0. The lowest BCUT2D eigenvalue weighted by Crippen LogP contribution is -2.56. The first-order valence-electron chi connectivity index (χ1n) is 8.20. The molecule has 11 nitrogen and oxygen atoms in total. The van der Waals surface area contributed by atoms with Gasteiger partial charge in [-0.1, -0.05) is 0 Å². The molecule has 1 rings (SSSR count). The van der Waals surface area contributed by atoms with Crippen LogP contribution in [0.15, 0.2) is 24.3 Å². The zero-order valence-electron chi connectivity index (χ0n) is 15.2. The van der Waals surface area contributed by atoms with Crippen molar-refractivity contribution in [3.05, 3.63) is 24.3 Å². The Balaban J connectivity index is 3.24. The number of nitrogens with two attached hydrogens (primary N) is 1. The molecule has 0 fully saturated rings. The maximum absolute atomic E-state index is 11.9. The van der Waals surface area contributed by atoms with E-state index in [0.717, 1.165) is 4.90 Å². The van der Waals surface area contributed by atoms with Crippen molar-refractivity contribution >= 4 is 35.3 Å². The molecular formula is C17H23N3O8. The molecule has 0 saturated carbocycles. The second kappa shape index (κ2) is 9.55. The number of nitrogen functional groups attached to an aromatic ring is 1. The van der Waals surface area contributed by atoms with Gasteiger partial charge in [0, 0.05) is 24.5 Å². The summed E-state index contributed by atoms with van der Waals surface area (Å²) in [6, 6.07) is 6.05. The lowest BCUT2D eigenvalue weighted by atomic mass is 9.94. The average molecular weight is 397 g/mol. The van der Waals surface area contributed by atoms with Crippen LogP contribution in [0.5, 0.6) is 0 Å². The lowest BCUT2D eigenvalue weighted by molar-refractivity contribution is -0.149. The Morgan fingerprint density at radius 1 is 0.893 bits per heavy atom. The summed E-state index contributed by atoms with van der Waals surface area (Å²) in [6.45, 7) is -0.139. The van der Waals surface area contributed by atoms with E-state index in [0.29, 0.717) is 11.4 Å². The SMILES string of the molecule is C[C@@](CC(=O)O)(C(=O)O)N(CCN(CC(=O)O)CC(=O)O)c1ccc(N)cc1. The summed E-state index contributed by atoms with van der Waals surface area (Å²) in [4.78, 5) is 47.5.